The number of benzene rings is 1. The first kappa shape index (κ1) is 49.8. The predicted octanol–water partition coefficient (Wildman–Crippen LogP) is 2.01. The molecule has 0 saturated carbocycles. The Balaban J connectivity index is -0.0000000370. The molecule has 0 aliphatic rings. The van der Waals surface area contributed by atoms with Gasteiger partial charge in [-0.25, -0.2) is 0 Å². The summed E-state index contributed by atoms with van der Waals surface area (Å²) >= 11 is 0. The molecule has 1 aromatic rings. The Morgan fingerprint density at radius 2 is 1.15 bits per heavy atom. The van der Waals surface area contributed by atoms with Crippen molar-refractivity contribution < 1.29 is 66.2 Å². The zero-order valence-corrected chi connectivity index (χ0v) is 15.7. The third-order valence-corrected chi connectivity index (χ3v) is 1.42. The van der Waals surface area contributed by atoms with Gasteiger partial charge in [-0.1, -0.05) is 36.1 Å². The van der Waals surface area contributed by atoms with Crippen LogP contribution in [-0.4, -0.2) is 13.2 Å². The van der Waals surface area contributed by atoms with E-state index in [1.54, 1.807) is 6.08 Å². The Morgan fingerprint density at radius 1 is 0.778 bits per heavy atom. The van der Waals surface area contributed by atoms with Crippen molar-refractivity contribution in [3.8, 4) is 11.8 Å². The fourth-order valence-electron chi connectivity index (χ4n) is 0.853. The van der Waals surface area contributed by atoms with Crippen LogP contribution in [0.1, 0.15) is 5.56 Å². The van der Waals surface area contributed by atoms with Crippen molar-refractivity contribution in [2.75, 3.05) is 13.2 Å². The third-order valence-electron chi connectivity index (χ3n) is 1.42. The summed E-state index contributed by atoms with van der Waals surface area (Å²) < 4.78 is 50.1. The minimum absolute atomic E-state index is 0. The first-order valence-electron chi connectivity index (χ1n) is 5.38. The van der Waals surface area contributed by atoms with E-state index < -0.39 is 0 Å². The second-order valence-electron chi connectivity index (χ2n) is 2.47. The zero-order chi connectivity index (χ0) is 21.4. The van der Waals surface area contributed by atoms with Crippen molar-refractivity contribution in [3.05, 3.63) is 88.5 Å². The molecule has 0 spiro atoms. The molecule has 0 aliphatic carbocycles. The fourth-order valence-corrected chi connectivity index (χ4v) is 0.853. The molecule has 0 saturated heterocycles. The van der Waals surface area contributed by atoms with Crippen LogP contribution in [-0.2, 0) is 66.2 Å². The first-order valence-corrected chi connectivity index (χ1v) is 5.38. The van der Waals surface area contributed by atoms with E-state index in [1.807, 2.05) is 30.3 Å². The average molecular weight is 458 g/mol. The average Bonchev–Trinajstić information content (AvgIpc) is 2.77. The molecule has 0 atom stereocenters. The fraction of sp³-hybridized carbons (Fsp3) is 0.111. The van der Waals surface area contributed by atoms with Crippen molar-refractivity contribution in [3.63, 3.8) is 0 Å². The van der Waals surface area contributed by atoms with Crippen molar-refractivity contribution in [2.24, 2.45) is 0 Å². The predicted molar refractivity (Wildman–Crippen MR) is 77.9 cm³/mol. The molecule has 0 fully saturated rings. The maximum Gasteiger partial charge on any atom is 0 e. The summed E-state index contributed by atoms with van der Waals surface area (Å²) in [6, 6.07) is 9.85. The van der Waals surface area contributed by atoms with E-state index in [9.17, 15) is 0 Å². The molecule has 0 unspecified atom stereocenters. The van der Waals surface area contributed by atoms with E-state index in [0.717, 1.165) is 5.56 Å². The van der Waals surface area contributed by atoms with Gasteiger partial charge in [0, 0.05) is 39.1 Å². The van der Waals surface area contributed by atoms with E-state index in [-0.39, 0.29) is 33.6 Å². The SMILES string of the molecule is C=CCOCC#Cc1ccccc1.[C-]#[O+].[C-]#[O+].[C-]#[O+].[C-]#[O+].[C-]#[O+].[C-]#[O+].[Co].[Co]. The maximum absolute atomic E-state index is 7.50. The molecule has 0 bridgehead atoms. The van der Waals surface area contributed by atoms with Crippen LogP contribution in [0.5, 0.6) is 0 Å². The van der Waals surface area contributed by atoms with Gasteiger partial charge in [0.25, 0.3) is 0 Å². The van der Waals surface area contributed by atoms with Crippen molar-refractivity contribution >= 4 is 0 Å². The molecule has 0 N–H and O–H groups in total. The summed E-state index contributed by atoms with van der Waals surface area (Å²) in [7, 11) is 0. The maximum atomic E-state index is 7.50. The van der Waals surface area contributed by atoms with E-state index in [2.05, 4.69) is 58.3 Å². The molecule has 0 aliphatic heterocycles. The zero-order valence-electron chi connectivity index (χ0n) is 13.6. The topological polar surface area (TPSA) is 129 Å². The standard InChI is InChI=1S/C12H12O.6CO.2Co/c1-2-10-13-11-6-9-12-7-4-3-5-8-12;6*1-2;;/h2-5,7-8H,1,10-11H2;;;;;;;;. The van der Waals surface area contributed by atoms with Crippen molar-refractivity contribution in [2.45, 2.75) is 0 Å². The van der Waals surface area contributed by atoms with Crippen LogP contribution >= 0.6 is 0 Å². The second kappa shape index (κ2) is 88.4. The molecule has 9 heteroatoms. The third kappa shape index (κ3) is 68.8. The van der Waals surface area contributed by atoms with Crippen LogP contribution in [0.2, 0.25) is 0 Å². The normalized spacial score (nSPS) is 4.59. The molecule has 144 valence electrons. The van der Waals surface area contributed by atoms with Crippen LogP contribution in [0.4, 0.5) is 0 Å². The largest absolute Gasteiger partial charge is 0 e. The molecule has 2 radical (unpaired) electrons. The summed E-state index contributed by atoms with van der Waals surface area (Å²) in [5, 5.41) is 0. The van der Waals surface area contributed by atoms with Crippen LogP contribution in [0.15, 0.2) is 43.0 Å². The monoisotopic (exact) mass is 458 g/mol. The molecule has 1 aromatic carbocycles. The summed E-state index contributed by atoms with van der Waals surface area (Å²) in [6.07, 6.45) is 1.71. The quantitative estimate of drug-likeness (QED) is 0.222. The number of hydrogen-bond donors (Lipinski definition) is 0. The van der Waals surface area contributed by atoms with Gasteiger partial charge < -0.3 is 4.74 Å². The summed E-state index contributed by atoms with van der Waals surface area (Å²) in [5.41, 5.74) is 1.02. The summed E-state index contributed by atoms with van der Waals surface area (Å²) in [5.74, 6) is 5.91. The van der Waals surface area contributed by atoms with Crippen LogP contribution < -0.4 is 0 Å². The van der Waals surface area contributed by atoms with Gasteiger partial charge in [-0.05, 0) is 12.1 Å². The van der Waals surface area contributed by atoms with Gasteiger partial charge >= 0.3 is 67.8 Å². The first-order chi connectivity index (χ1) is 12.4. The van der Waals surface area contributed by atoms with E-state index in [4.69, 9.17) is 32.6 Å². The molecular weight excluding hydrogens is 446 g/mol. The molecule has 0 aromatic heterocycles. The summed E-state index contributed by atoms with van der Waals surface area (Å²) in [4.78, 5) is 0. The second-order valence-corrected chi connectivity index (χ2v) is 2.47. The Kier molecular flexibility index (Phi) is 163. The van der Waals surface area contributed by atoms with Gasteiger partial charge in [-0.3, -0.25) is 0 Å². The van der Waals surface area contributed by atoms with Gasteiger partial charge in [0.2, 0.25) is 0 Å². The van der Waals surface area contributed by atoms with Crippen LogP contribution in [0, 0.1) is 51.7 Å². The van der Waals surface area contributed by atoms with Crippen LogP contribution in [0.3, 0.4) is 0 Å². The summed E-state index contributed by atoms with van der Waals surface area (Å²) in [6.45, 7) is 31.6. The molecule has 0 amide bonds. The van der Waals surface area contributed by atoms with Gasteiger partial charge in [-0.15, -0.1) is 6.58 Å². The van der Waals surface area contributed by atoms with E-state index >= 15 is 0 Å². The van der Waals surface area contributed by atoms with E-state index in [1.165, 1.54) is 0 Å². The molecule has 7 nitrogen and oxygen atoms in total. The van der Waals surface area contributed by atoms with Gasteiger partial charge in [0.05, 0.1) is 6.61 Å². The molecule has 1 rings (SSSR count). The molecule has 0 heterocycles. The Morgan fingerprint density at radius 3 is 1.48 bits per heavy atom. The van der Waals surface area contributed by atoms with Crippen molar-refractivity contribution in [1.82, 2.24) is 0 Å². The molecular formula is C18H12Co2O7. The molecule has 27 heavy (non-hydrogen) atoms. The van der Waals surface area contributed by atoms with Crippen molar-refractivity contribution in [1.29, 1.82) is 0 Å². The van der Waals surface area contributed by atoms with Gasteiger partial charge in [0.15, 0.2) is 0 Å². The Labute approximate surface area is 179 Å². The Hall–Kier alpha value is -2.07. The minimum Gasteiger partial charge on any atom is 0 e. The van der Waals surface area contributed by atoms with Crippen LogP contribution in [0.25, 0.3) is 0 Å². The number of rotatable bonds is 3. The van der Waals surface area contributed by atoms with E-state index in [0.29, 0.717) is 13.2 Å². The Bertz CT molecular complexity index is 501. The smallest absolute Gasteiger partial charge is 0 e. The van der Waals surface area contributed by atoms with Gasteiger partial charge in [0.1, 0.15) is 6.61 Å². The van der Waals surface area contributed by atoms with Gasteiger partial charge in [-0.2, -0.15) is 0 Å². The number of ether oxygens (including phenoxy) is 1. The number of hydrogen-bond acceptors (Lipinski definition) is 1. The minimum atomic E-state index is 0.